The summed E-state index contributed by atoms with van der Waals surface area (Å²) in [6.07, 6.45) is -1.14. The number of amides is 14. The molecular weight excluding hydrogens is 1370 g/mol. The molecule has 23 N–H and O–H groups in total. The van der Waals surface area contributed by atoms with Gasteiger partial charge in [-0.1, -0.05) is 103 Å². The molecule has 596 valence electrons. The molecule has 0 spiro atoms. The van der Waals surface area contributed by atoms with Gasteiger partial charge in [-0.3, -0.25) is 72.1 Å². The smallest absolute Gasteiger partial charge is 0.326 e. The lowest BCUT2D eigenvalue weighted by Gasteiger charge is -2.33. The van der Waals surface area contributed by atoms with Crippen LogP contribution in [-0.4, -0.2) is 248 Å². The minimum atomic E-state index is -1.67. The van der Waals surface area contributed by atoms with Gasteiger partial charge in [0.15, 0.2) is 5.96 Å². The topological polar surface area (TPSA) is 592 Å². The quantitative estimate of drug-likeness (QED) is 0.0154. The van der Waals surface area contributed by atoms with Gasteiger partial charge in [-0.25, -0.2) is 4.79 Å². The fourth-order valence-electron chi connectivity index (χ4n) is 11.9. The molecule has 0 bridgehead atoms. The van der Waals surface area contributed by atoms with Crippen molar-refractivity contribution < 1.29 is 92.3 Å². The lowest BCUT2D eigenvalue weighted by atomic mass is 9.95. The largest absolute Gasteiger partial charge is 0.480 e. The Bertz CT molecular complexity index is 3040. The van der Waals surface area contributed by atoms with E-state index in [4.69, 9.17) is 22.9 Å². The van der Waals surface area contributed by atoms with Crippen LogP contribution in [-0.2, 0) is 71.9 Å². The molecule has 0 aromatic rings. The number of carboxylic acids is 1. The van der Waals surface area contributed by atoms with E-state index in [2.05, 4.69) is 63.5 Å². The van der Waals surface area contributed by atoms with Gasteiger partial charge < -0.3 is 112 Å². The van der Waals surface area contributed by atoms with Crippen molar-refractivity contribution >= 4 is 94.6 Å². The van der Waals surface area contributed by atoms with Crippen LogP contribution in [0.5, 0.6) is 0 Å². The summed E-state index contributed by atoms with van der Waals surface area (Å²) in [5, 5.41) is 68.7. The van der Waals surface area contributed by atoms with Gasteiger partial charge in [0.2, 0.25) is 82.7 Å². The van der Waals surface area contributed by atoms with E-state index in [0.717, 1.165) is 9.80 Å². The second kappa shape index (κ2) is 44.2. The molecule has 2 heterocycles. The number of carboxylic acid groups (broad SMARTS) is 1. The third-order valence-electron chi connectivity index (χ3n) is 18.3. The van der Waals surface area contributed by atoms with Crippen molar-refractivity contribution in [2.45, 2.75) is 259 Å². The number of aliphatic imine (C=N–C) groups is 1. The summed E-state index contributed by atoms with van der Waals surface area (Å²) in [5.74, 6) is -17.4. The molecule has 0 saturated carbocycles. The van der Waals surface area contributed by atoms with Crippen molar-refractivity contribution in [1.29, 1.82) is 0 Å². The molecule has 0 aromatic carbocycles. The monoisotopic (exact) mass is 1490 g/mol. The maximum absolute atomic E-state index is 14.7. The first kappa shape index (κ1) is 92.2. The molecule has 2 saturated heterocycles. The fourth-order valence-corrected chi connectivity index (χ4v) is 11.9. The van der Waals surface area contributed by atoms with E-state index in [1.165, 1.54) is 6.92 Å². The summed E-state index contributed by atoms with van der Waals surface area (Å²) >= 11 is 0. The summed E-state index contributed by atoms with van der Waals surface area (Å²) in [6, 6.07) is -19.4. The van der Waals surface area contributed by atoms with Gasteiger partial charge >= 0.3 is 5.97 Å². The van der Waals surface area contributed by atoms with Crippen LogP contribution in [0, 0.1) is 41.4 Å². The Hall–Kier alpha value is -8.84. The zero-order valence-electron chi connectivity index (χ0n) is 63.4. The van der Waals surface area contributed by atoms with Crippen molar-refractivity contribution in [2.24, 2.45) is 69.4 Å². The summed E-state index contributed by atoms with van der Waals surface area (Å²) in [4.78, 5) is 213. The maximum Gasteiger partial charge on any atom is 0.326 e. The molecule has 16 atom stereocenters. The average Bonchev–Trinajstić information content (AvgIpc) is 1.77. The van der Waals surface area contributed by atoms with Gasteiger partial charge in [-0.05, 0) is 99.7 Å². The number of primary amides is 1. The highest BCUT2D eigenvalue weighted by Crippen LogP contribution is 2.24. The van der Waals surface area contributed by atoms with E-state index in [1.807, 2.05) is 0 Å². The molecular formula is C68H120N18O19. The minimum absolute atomic E-state index is 0.0168. The molecule has 2 rings (SSSR count). The Morgan fingerprint density at radius 1 is 0.448 bits per heavy atom. The van der Waals surface area contributed by atoms with Gasteiger partial charge in [0.05, 0.1) is 19.3 Å². The highest BCUT2D eigenvalue weighted by atomic mass is 16.4. The highest BCUT2D eigenvalue weighted by Gasteiger charge is 2.45. The van der Waals surface area contributed by atoms with Crippen molar-refractivity contribution in [2.75, 3.05) is 32.8 Å². The summed E-state index contributed by atoms with van der Waals surface area (Å²) in [7, 11) is 0. The van der Waals surface area contributed by atoms with E-state index < -0.39 is 235 Å². The number of hydrogen-bond acceptors (Lipinski definition) is 20. The summed E-state index contributed by atoms with van der Waals surface area (Å²) < 4.78 is 0. The second-order valence-corrected chi connectivity index (χ2v) is 29.3. The van der Waals surface area contributed by atoms with Crippen LogP contribution in [0.2, 0.25) is 0 Å². The Balaban J connectivity index is 2.34. The SMILES string of the molecule is CC[C@H](C)[C@H](NC(=O)[C@@H](NC(=O)[C@@H](NC(=O)[C@H](CCCN=C(N)N)NC(=O)[C@@H](N)CO)C(C)C)C(C)C)C(=O)N[C@@H](CCC(N)=O)C(=O)N1CCC[C@H]1C(=O)N[C@@H](CO)C(=O)N1CCC[C@H]1C(=O)N[C@H](C(=O)N[C@H](C(=O)N[C@H](C(=O)N[C@H](C(=O)N[C@@H](CC(C)C)C(=O)O)[C@@H](C)O)C(C)C)C(C)C)C(C)C. The van der Waals surface area contributed by atoms with Gasteiger partial charge in [0.1, 0.15) is 84.6 Å². The average molecular weight is 1490 g/mol. The van der Waals surface area contributed by atoms with Crippen LogP contribution in [0.1, 0.15) is 168 Å². The first-order chi connectivity index (χ1) is 49.0. The van der Waals surface area contributed by atoms with Crippen molar-refractivity contribution in [3.8, 4) is 0 Å². The fraction of sp³-hybridized carbons (Fsp3) is 0.765. The molecule has 0 aromatic heterocycles. The molecule has 2 fully saturated rings. The van der Waals surface area contributed by atoms with Crippen LogP contribution in [0.15, 0.2) is 4.99 Å². The molecule has 0 unspecified atom stereocenters. The molecule has 2 aliphatic rings. The predicted molar refractivity (Wildman–Crippen MR) is 384 cm³/mol. The second-order valence-electron chi connectivity index (χ2n) is 29.3. The summed E-state index contributed by atoms with van der Waals surface area (Å²) in [5.41, 5.74) is 22.1. The number of nitrogens with two attached hydrogens (primary N) is 4. The zero-order chi connectivity index (χ0) is 80.2. The molecule has 0 radical (unpaired) electrons. The molecule has 37 heteroatoms. The maximum atomic E-state index is 14.7. The number of carbonyl (C=O) groups excluding carboxylic acids is 14. The van der Waals surface area contributed by atoms with Crippen LogP contribution in [0.4, 0.5) is 0 Å². The van der Waals surface area contributed by atoms with Crippen molar-refractivity contribution in [1.82, 2.24) is 68.3 Å². The number of aliphatic hydroxyl groups excluding tert-OH is 3. The van der Waals surface area contributed by atoms with Crippen LogP contribution in [0.3, 0.4) is 0 Å². The zero-order valence-corrected chi connectivity index (χ0v) is 63.4. The van der Waals surface area contributed by atoms with Gasteiger partial charge in [0.25, 0.3) is 0 Å². The Labute approximate surface area is 614 Å². The van der Waals surface area contributed by atoms with Gasteiger partial charge in [-0.15, -0.1) is 0 Å². The number of rotatable bonds is 44. The first-order valence-corrected chi connectivity index (χ1v) is 36.1. The Morgan fingerprint density at radius 2 is 0.819 bits per heavy atom. The first-order valence-electron chi connectivity index (χ1n) is 36.1. The lowest BCUT2D eigenvalue weighted by molar-refractivity contribution is -0.145. The molecule has 14 amide bonds. The number of aliphatic hydroxyl groups is 3. The van der Waals surface area contributed by atoms with Gasteiger partial charge in [0, 0.05) is 26.1 Å². The van der Waals surface area contributed by atoms with E-state index in [0.29, 0.717) is 0 Å². The summed E-state index contributed by atoms with van der Waals surface area (Å²) in [6.45, 7) is 22.5. The Morgan fingerprint density at radius 3 is 1.20 bits per heavy atom. The van der Waals surface area contributed by atoms with E-state index in [1.54, 1.807) is 96.9 Å². The van der Waals surface area contributed by atoms with Crippen LogP contribution in [0.25, 0.3) is 0 Å². The molecule has 0 aliphatic carbocycles. The number of nitrogens with zero attached hydrogens (tertiary/aromatic N) is 3. The molecule has 105 heavy (non-hydrogen) atoms. The number of aliphatic carboxylic acids is 1. The van der Waals surface area contributed by atoms with E-state index in [9.17, 15) is 92.3 Å². The van der Waals surface area contributed by atoms with E-state index in [-0.39, 0.29) is 89.3 Å². The van der Waals surface area contributed by atoms with Crippen LogP contribution < -0.4 is 81.4 Å². The van der Waals surface area contributed by atoms with Crippen molar-refractivity contribution in [3.63, 3.8) is 0 Å². The lowest BCUT2D eigenvalue weighted by Crippen LogP contribution is -2.63. The van der Waals surface area contributed by atoms with E-state index >= 15 is 0 Å². The third kappa shape index (κ3) is 28.9. The number of nitrogens with one attached hydrogen (secondary N) is 11. The van der Waals surface area contributed by atoms with Crippen LogP contribution >= 0.6 is 0 Å². The number of likely N-dealkylation sites (tertiary alicyclic amines) is 2. The number of hydrogen-bond donors (Lipinski definition) is 19. The van der Waals surface area contributed by atoms with Crippen molar-refractivity contribution in [3.05, 3.63) is 0 Å². The van der Waals surface area contributed by atoms with Gasteiger partial charge in [-0.2, -0.15) is 0 Å². The third-order valence-corrected chi connectivity index (χ3v) is 18.3. The number of guanidine groups is 1. The predicted octanol–water partition coefficient (Wildman–Crippen LogP) is -5.23. The number of carbonyl (C=O) groups is 15. The molecule has 37 nitrogen and oxygen atoms in total. The normalized spacial score (nSPS) is 18.4. The Kier molecular flexibility index (Phi) is 38.8. The molecule has 2 aliphatic heterocycles. The highest BCUT2D eigenvalue weighted by molar-refractivity contribution is 6.01. The minimum Gasteiger partial charge on any atom is -0.480 e. The standard InChI is InChI=1S/C68H120N18O19/c1-16-37(14)52(83-61(98)50(35(10)11)81-58(95)47(32(4)5)78-55(92)40(20-17-25-73-68(71)72)74-54(91)39(69)29-87)63(100)75-41(23-24-46(70)90)65(102)85-26-18-21-44(85)56(93)77-43(30-88)66(103)86-27-19-22-45(86)57(94)79-48(33(6)7)59(96)80-49(34(8)9)60(97)82-51(36(12)13)62(99)84-53(38(15)89)64(101)76-42(67(104)105)28-31(2)3/h31-45,47-53,87-89H,16-30,69H2,1-15H3,(H2,70,90)(H,74,91)(H,75,100)(H,76,101)(H,77,93)(H,78,92)(H,79,94)(H,80,96)(H,81,95)(H,82,97)(H,83,98)(H,84,99)(H,104,105)(H4,71,72,73)/t37-,38+,39-,40-,41-,42-,43-,44-,45-,47-,48-,49-,50-,51-,52-,53-/m0/s1.